The second kappa shape index (κ2) is 4.95. The van der Waals surface area contributed by atoms with E-state index in [4.69, 9.17) is 0 Å². The smallest absolute Gasteiger partial charge is 0.300 e. The number of nitrogens with zero attached hydrogens (tertiary/aromatic N) is 3. The number of nitrogens with one attached hydrogen (secondary N) is 1. The lowest BCUT2D eigenvalue weighted by atomic mass is 10.2. The first-order valence-corrected chi connectivity index (χ1v) is 7.86. The number of sulfone groups is 1. The molecule has 0 amide bonds. The summed E-state index contributed by atoms with van der Waals surface area (Å²) in [5.41, 5.74) is 0.406. The molecule has 10 heteroatoms. The lowest BCUT2D eigenvalue weighted by Gasteiger charge is -2.23. The molecule has 21 heavy (non-hydrogen) atoms. The van der Waals surface area contributed by atoms with E-state index in [-0.39, 0.29) is 23.3 Å². The van der Waals surface area contributed by atoms with E-state index in [1.165, 1.54) is 12.1 Å². The van der Waals surface area contributed by atoms with Gasteiger partial charge in [0.15, 0.2) is 15.4 Å². The number of hydrogen-bond acceptors (Lipinski definition) is 8. The zero-order valence-electron chi connectivity index (χ0n) is 11.7. The SMILES string of the molecule is CC(C)(CNc1ccc([N+](=O)[O-])c2nonc12)S(C)(=O)=O. The molecule has 1 aromatic heterocycles. The summed E-state index contributed by atoms with van der Waals surface area (Å²) in [7, 11) is -3.26. The first-order valence-electron chi connectivity index (χ1n) is 5.96. The van der Waals surface area contributed by atoms with Crippen LogP contribution in [0.5, 0.6) is 0 Å². The highest BCUT2D eigenvalue weighted by atomic mass is 32.2. The Bertz CT molecular complexity index is 796. The summed E-state index contributed by atoms with van der Waals surface area (Å²) >= 11 is 0. The molecule has 0 aliphatic carbocycles. The third kappa shape index (κ3) is 2.79. The second-order valence-corrected chi connectivity index (χ2v) is 7.89. The quantitative estimate of drug-likeness (QED) is 0.647. The highest BCUT2D eigenvalue weighted by Gasteiger charge is 2.30. The molecule has 0 unspecified atom stereocenters. The lowest BCUT2D eigenvalue weighted by molar-refractivity contribution is -0.383. The molecule has 0 atom stereocenters. The normalized spacial score (nSPS) is 12.5. The van der Waals surface area contributed by atoms with Crippen molar-refractivity contribution < 1.29 is 18.0 Å². The summed E-state index contributed by atoms with van der Waals surface area (Å²) in [5.74, 6) is 0. The number of benzene rings is 1. The van der Waals surface area contributed by atoms with Crippen LogP contribution in [-0.4, -0.2) is 41.2 Å². The molecule has 0 saturated heterocycles. The molecule has 0 fully saturated rings. The topological polar surface area (TPSA) is 128 Å². The molecule has 114 valence electrons. The van der Waals surface area contributed by atoms with Gasteiger partial charge in [0.25, 0.3) is 0 Å². The van der Waals surface area contributed by atoms with Crippen molar-refractivity contribution in [3.05, 3.63) is 22.2 Å². The Hall–Kier alpha value is -2.23. The van der Waals surface area contributed by atoms with E-state index >= 15 is 0 Å². The number of rotatable bonds is 5. The fourth-order valence-corrected chi connectivity index (χ4v) is 1.92. The van der Waals surface area contributed by atoms with Gasteiger partial charge < -0.3 is 5.32 Å². The first kappa shape index (κ1) is 15.2. The van der Waals surface area contributed by atoms with Crippen LogP contribution in [0.2, 0.25) is 0 Å². The van der Waals surface area contributed by atoms with Gasteiger partial charge in [-0.1, -0.05) is 0 Å². The lowest BCUT2D eigenvalue weighted by Crippen LogP contribution is -2.38. The zero-order chi connectivity index (χ0) is 15.8. The number of nitro benzene ring substituents is 1. The molecule has 0 bridgehead atoms. The summed E-state index contributed by atoms with van der Waals surface area (Å²) in [5, 5.41) is 20.9. The van der Waals surface area contributed by atoms with Gasteiger partial charge in [-0.15, -0.1) is 0 Å². The fraction of sp³-hybridized carbons (Fsp3) is 0.455. The third-order valence-corrected chi connectivity index (χ3v) is 5.45. The maximum atomic E-state index is 11.7. The van der Waals surface area contributed by atoms with Crippen LogP contribution in [0, 0.1) is 10.1 Å². The van der Waals surface area contributed by atoms with Crippen molar-refractivity contribution in [2.24, 2.45) is 0 Å². The van der Waals surface area contributed by atoms with Crippen molar-refractivity contribution in [2.75, 3.05) is 18.1 Å². The molecule has 1 aromatic carbocycles. The van der Waals surface area contributed by atoms with Crippen LogP contribution in [0.15, 0.2) is 16.8 Å². The Morgan fingerprint density at radius 1 is 1.33 bits per heavy atom. The van der Waals surface area contributed by atoms with Gasteiger partial charge in [-0.3, -0.25) is 10.1 Å². The Balaban J connectivity index is 2.35. The summed E-state index contributed by atoms with van der Waals surface area (Å²) < 4.78 is 26.8. The van der Waals surface area contributed by atoms with Crippen LogP contribution in [0.3, 0.4) is 0 Å². The molecule has 0 radical (unpaired) electrons. The van der Waals surface area contributed by atoms with Crippen molar-refractivity contribution >= 4 is 32.2 Å². The highest BCUT2D eigenvalue weighted by Crippen LogP contribution is 2.29. The summed E-state index contributed by atoms with van der Waals surface area (Å²) in [4.78, 5) is 10.3. The van der Waals surface area contributed by atoms with E-state index in [9.17, 15) is 18.5 Å². The van der Waals surface area contributed by atoms with Gasteiger partial charge in [-0.2, -0.15) is 0 Å². The minimum absolute atomic E-state index is 0.0159. The molecule has 0 spiro atoms. The number of anilines is 1. The minimum Gasteiger partial charge on any atom is -0.382 e. The van der Waals surface area contributed by atoms with Crippen molar-refractivity contribution in [3.8, 4) is 0 Å². The van der Waals surface area contributed by atoms with Crippen LogP contribution >= 0.6 is 0 Å². The molecule has 2 aromatic rings. The van der Waals surface area contributed by atoms with E-state index in [1.54, 1.807) is 13.8 Å². The Morgan fingerprint density at radius 2 is 1.95 bits per heavy atom. The van der Waals surface area contributed by atoms with Crippen LogP contribution in [0.25, 0.3) is 11.0 Å². The van der Waals surface area contributed by atoms with Gasteiger partial charge >= 0.3 is 5.69 Å². The Kier molecular flexibility index (Phi) is 3.58. The van der Waals surface area contributed by atoms with E-state index in [0.717, 1.165) is 6.26 Å². The average molecular weight is 314 g/mol. The molecule has 2 rings (SSSR count). The van der Waals surface area contributed by atoms with Crippen LogP contribution in [-0.2, 0) is 9.84 Å². The minimum atomic E-state index is -3.26. The summed E-state index contributed by atoms with van der Waals surface area (Å²) in [6, 6.07) is 2.71. The van der Waals surface area contributed by atoms with E-state index in [2.05, 4.69) is 20.3 Å². The van der Waals surface area contributed by atoms with E-state index in [0.29, 0.717) is 5.69 Å². The molecule has 0 saturated carbocycles. The van der Waals surface area contributed by atoms with Gasteiger partial charge in [0.2, 0.25) is 5.52 Å². The van der Waals surface area contributed by atoms with Gasteiger partial charge in [0.05, 0.1) is 15.4 Å². The average Bonchev–Trinajstić information content (AvgIpc) is 2.83. The van der Waals surface area contributed by atoms with Crippen molar-refractivity contribution in [3.63, 3.8) is 0 Å². The summed E-state index contributed by atoms with van der Waals surface area (Å²) in [6.07, 6.45) is 1.15. The molecule has 1 heterocycles. The van der Waals surface area contributed by atoms with Crippen LogP contribution in [0.1, 0.15) is 13.8 Å². The zero-order valence-corrected chi connectivity index (χ0v) is 12.5. The van der Waals surface area contributed by atoms with Crippen LogP contribution < -0.4 is 5.32 Å². The summed E-state index contributed by atoms with van der Waals surface area (Å²) in [6.45, 7) is 3.28. The molecule has 0 aliphatic heterocycles. The standard InChI is InChI=1S/C11H14N4O5S/c1-11(2,21(3,18)19)6-12-7-4-5-8(15(16)17)10-9(7)13-20-14-10/h4-5,12H,6H2,1-3H3. The third-order valence-electron chi connectivity index (χ3n) is 3.30. The van der Waals surface area contributed by atoms with Gasteiger partial charge in [0, 0.05) is 18.9 Å². The number of aromatic nitrogens is 2. The van der Waals surface area contributed by atoms with Crippen LogP contribution in [0.4, 0.5) is 11.4 Å². The molecular weight excluding hydrogens is 300 g/mol. The Morgan fingerprint density at radius 3 is 2.52 bits per heavy atom. The van der Waals surface area contributed by atoms with E-state index < -0.39 is 19.5 Å². The number of non-ortho nitro benzene ring substituents is 1. The largest absolute Gasteiger partial charge is 0.382 e. The monoisotopic (exact) mass is 314 g/mol. The molecular formula is C11H14N4O5S. The van der Waals surface area contributed by atoms with Crippen molar-refractivity contribution in [2.45, 2.75) is 18.6 Å². The molecule has 1 N–H and O–H groups in total. The Labute approximate surface area is 120 Å². The van der Waals surface area contributed by atoms with Crippen molar-refractivity contribution in [1.29, 1.82) is 0 Å². The predicted molar refractivity (Wildman–Crippen MR) is 75.9 cm³/mol. The molecule has 0 aliphatic rings. The fourth-order valence-electron chi connectivity index (χ4n) is 1.58. The van der Waals surface area contributed by atoms with Gasteiger partial charge in [-0.25, -0.2) is 13.0 Å². The van der Waals surface area contributed by atoms with Gasteiger partial charge in [0.1, 0.15) is 0 Å². The van der Waals surface area contributed by atoms with Gasteiger partial charge in [-0.05, 0) is 30.2 Å². The number of fused-ring (bicyclic) bond motifs is 1. The first-order chi connectivity index (χ1) is 9.63. The maximum Gasteiger partial charge on any atom is 0.300 e. The highest BCUT2D eigenvalue weighted by molar-refractivity contribution is 7.92. The predicted octanol–water partition coefficient (Wildman–Crippen LogP) is 1.37. The van der Waals surface area contributed by atoms with Crippen molar-refractivity contribution in [1.82, 2.24) is 10.3 Å². The number of hydrogen-bond donors (Lipinski definition) is 1. The second-order valence-electron chi connectivity index (χ2n) is 5.24. The molecule has 9 nitrogen and oxygen atoms in total. The number of nitro groups is 1. The maximum absolute atomic E-state index is 11.7. The van der Waals surface area contributed by atoms with E-state index in [1.807, 2.05) is 0 Å².